The molecule has 7 heteroatoms. The summed E-state index contributed by atoms with van der Waals surface area (Å²) in [5.74, 6) is 0. The van der Waals surface area contributed by atoms with E-state index in [9.17, 15) is 9.90 Å². The number of pyridine rings is 2. The van der Waals surface area contributed by atoms with Crippen molar-refractivity contribution in [1.82, 2.24) is 14.9 Å². The summed E-state index contributed by atoms with van der Waals surface area (Å²) in [6.45, 7) is 8.73. The minimum absolute atomic E-state index is 0.0996. The van der Waals surface area contributed by atoms with Crippen molar-refractivity contribution < 1.29 is 14.6 Å². The van der Waals surface area contributed by atoms with Gasteiger partial charge in [-0.05, 0) is 52.7 Å². The first kappa shape index (κ1) is 19.4. The Morgan fingerprint density at radius 2 is 2.04 bits per heavy atom. The first-order chi connectivity index (χ1) is 12.8. The Kier molecular flexibility index (Phi) is 5.51. The third-order valence-electron chi connectivity index (χ3n) is 4.60. The number of carbonyl (C=O) groups is 1. The molecule has 1 aliphatic rings. The summed E-state index contributed by atoms with van der Waals surface area (Å²) >= 11 is 0. The van der Waals surface area contributed by atoms with Gasteiger partial charge >= 0.3 is 6.09 Å². The number of hydrogen-bond acceptors (Lipinski definition) is 6. The highest BCUT2D eigenvalue weighted by Crippen LogP contribution is 2.27. The summed E-state index contributed by atoms with van der Waals surface area (Å²) in [7, 11) is 0. The van der Waals surface area contributed by atoms with Crippen molar-refractivity contribution in [3.63, 3.8) is 0 Å². The number of aliphatic hydroxyl groups excluding tert-OH is 1. The fraction of sp³-hybridized carbons (Fsp3) is 0.550. The Balaban J connectivity index is 1.72. The molecule has 1 amide bonds. The largest absolute Gasteiger partial charge is 0.444 e. The molecule has 0 radical (unpaired) electrons. The molecule has 3 rings (SSSR count). The Bertz CT molecular complexity index is 824. The molecule has 0 saturated carbocycles. The van der Waals surface area contributed by atoms with Gasteiger partial charge in [0.25, 0.3) is 0 Å². The summed E-state index contributed by atoms with van der Waals surface area (Å²) in [5, 5.41) is 13.3. The molecule has 2 aromatic rings. The van der Waals surface area contributed by atoms with E-state index in [2.05, 4.69) is 15.3 Å². The van der Waals surface area contributed by atoms with Crippen molar-refractivity contribution in [2.75, 3.05) is 18.4 Å². The van der Waals surface area contributed by atoms with Crippen molar-refractivity contribution in [2.45, 2.75) is 58.8 Å². The summed E-state index contributed by atoms with van der Waals surface area (Å²) in [5.41, 5.74) is 3.56. The normalized spacial score (nSPS) is 15.8. The van der Waals surface area contributed by atoms with Gasteiger partial charge in [0.05, 0.1) is 17.8 Å². The van der Waals surface area contributed by atoms with Gasteiger partial charge in [0.1, 0.15) is 11.1 Å². The van der Waals surface area contributed by atoms with Crippen LogP contribution in [0.15, 0.2) is 18.3 Å². The van der Waals surface area contributed by atoms with Crippen molar-refractivity contribution >= 4 is 22.8 Å². The molecule has 0 unspecified atom stereocenters. The highest BCUT2D eigenvalue weighted by Gasteiger charge is 2.27. The second-order valence-electron chi connectivity index (χ2n) is 8.02. The average molecular weight is 372 g/mol. The minimum Gasteiger partial charge on any atom is -0.444 e. The van der Waals surface area contributed by atoms with Crippen LogP contribution >= 0.6 is 0 Å². The second-order valence-corrected chi connectivity index (χ2v) is 8.02. The summed E-state index contributed by atoms with van der Waals surface area (Å²) in [6.07, 6.45) is 3.04. The van der Waals surface area contributed by atoms with E-state index in [-0.39, 0.29) is 18.7 Å². The summed E-state index contributed by atoms with van der Waals surface area (Å²) in [4.78, 5) is 23.0. The van der Waals surface area contributed by atoms with Gasteiger partial charge in [-0.1, -0.05) is 0 Å². The average Bonchev–Trinajstić information content (AvgIpc) is 2.61. The van der Waals surface area contributed by atoms with Gasteiger partial charge in [-0.15, -0.1) is 0 Å². The predicted molar refractivity (Wildman–Crippen MR) is 105 cm³/mol. The SMILES string of the molecule is Cc1ccc2ncc(CO)c(NC3CCN(C(=O)OC(C)(C)C)CC3)c2n1. The van der Waals surface area contributed by atoms with Gasteiger partial charge in [-0.25, -0.2) is 9.78 Å². The standard InChI is InChI=1S/C20H28N4O3/c1-13-5-6-16-18(22-13)17(14(12-25)11-21-16)23-15-7-9-24(10-8-15)19(26)27-20(2,3)4/h5-6,11,15,25H,7-10,12H2,1-4H3,(H,21,23). The molecular weight excluding hydrogens is 344 g/mol. The minimum atomic E-state index is -0.484. The van der Waals surface area contributed by atoms with Gasteiger partial charge < -0.3 is 20.1 Å². The monoisotopic (exact) mass is 372 g/mol. The third-order valence-corrected chi connectivity index (χ3v) is 4.60. The fourth-order valence-corrected chi connectivity index (χ4v) is 3.22. The Morgan fingerprint density at radius 3 is 2.67 bits per heavy atom. The van der Waals surface area contributed by atoms with Crippen LogP contribution in [0.4, 0.5) is 10.5 Å². The van der Waals surface area contributed by atoms with E-state index in [1.165, 1.54) is 0 Å². The number of rotatable bonds is 3. The number of hydrogen-bond donors (Lipinski definition) is 2. The smallest absolute Gasteiger partial charge is 0.410 e. The Hall–Kier alpha value is -2.41. The zero-order chi connectivity index (χ0) is 19.6. The molecule has 2 aromatic heterocycles. The molecule has 1 fully saturated rings. The molecule has 3 heterocycles. The molecule has 2 N–H and O–H groups in total. The number of nitrogens with one attached hydrogen (secondary N) is 1. The molecule has 0 aliphatic carbocycles. The first-order valence-electron chi connectivity index (χ1n) is 9.37. The Morgan fingerprint density at radius 1 is 1.33 bits per heavy atom. The number of likely N-dealkylation sites (tertiary alicyclic amines) is 1. The van der Waals surface area contributed by atoms with Gasteiger partial charge in [0.2, 0.25) is 0 Å². The van der Waals surface area contributed by atoms with Crippen molar-refractivity contribution in [3.05, 3.63) is 29.6 Å². The maximum Gasteiger partial charge on any atom is 0.410 e. The van der Waals surface area contributed by atoms with Crippen LogP contribution in [0.3, 0.4) is 0 Å². The number of amides is 1. The van der Waals surface area contributed by atoms with Gasteiger partial charge in [-0.3, -0.25) is 4.98 Å². The van der Waals surface area contributed by atoms with E-state index in [1.54, 1.807) is 11.1 Å². The van der Waals surface area contributed by atoms with Crippen LogP contribution in [-0.2, 0) is 11.3 Å². The van der Waals surface area contributed by atoms with Crippen LogP contribution in [0, 0.1) is 6.92 Å². The molecular formula is C20H28N4O3. The number of nitrogens with zero attached hydrogens (tertiary/aromatic N) is 3. The highest BCUT2D eigenvalue weighted by molar-refractivity contribution is 5.89. The molecule has 1 saturated heterocycles. The van der Waals surface area contributed by atoms with Gasteiger partial charge in [-0.2, -0.15) is 0 Å². The molecule has 7 nitrogen and oxygen atoms in total. The predicted octanol–water partition coefficient (Wildman–Crippen LogP) is 3.24. The van der Waals surface area contributed by atoms with Crippen molar-refractivity contribution in [2.24, 2.45) is 0 Å². The van der Waals surface area contributed by atoms with Crippen LogP contribution in [0.1, 0.15) is 44.9 Å². The third kappa shape index (κ3) is 4.66. The lowest BCUT2D eigenvalue weighted by molar-refractivity contribution is 0.0210. The second kappa shape index (κ2) is 7.68. The molecule has 0 spiro atoms. The molecule has 1 aliphatic heterocycles. The Labute approximate surface area is 159 Å². The van der Waals surface area contributed by atoms with Crippen LogP contribution in [0.25, 0.3) is 11.0 Å². The molecule has 27 heavy (non-hydrogen) atoms. The number of aryl methyl sites for hydroxylation is 1. The summed E-state index contributed by atoms with van der Waals surface area (Å²) in [6, 6.07) is 4.06. The van der Waals surface area contributed by atoms with E-state index < -0.39 is 5.60 Å². The fourth-order valence-electron chi connectivity index (χ4n) is 3.22. The summed E-state index contributed by atoms with van der Waals surface area (Å²) < 4.78 is 5.45. The van der Waals surface area contributed by atoms with Crippen LogP contribution in [-0.4, -0.2) is 50.8 Å². The number of anilines is 1. The molecule has 0 bridgehead atoms. The lowest BCUT2D eigenvalue weighted by Crippen LogP contribution is -2.44. The molecule has 0 aromatic carbocycles. The van der Waals surface area contributed by atoms with E-state index in [1.807, 2.05) is 39.8 Å². The van der Waals surface area contributed by atoms with E-state index in [0.717, 1.165) is 40.8 Å². The van der Waals surface area contributed by atoms with Crippen LogP contribution < -0.4 is 5.32 Å². The maximum absolute atomic E-state index is 12.2. The number of carbonyl (C=O) groups excluding carboxylic acids is 1. The van der Waals surface area contributed by atoms with E-state index in [4.69, 9.17) is 4.74 Å². The zero-order valence-corrected chi connectivity index (χ0v) is 16.5. The van der Waals surface area contributed by atoms with Crippen molar-refractivity contribution in [3.8, 4) is 0 Å². The number of piperidine rings is 1. The molecule has 0 atom stereocenters. The maximum atomic E-state index is 12.2. The zero-order valence-electron chi connectivity index (χ0n) is 16.5. The first-order valence-corrected chi connectivity index (χ1v) is 9.37. The van der Waals surface area contributed by atoms with Crippen molar-refractivity contribution in [1.29, 1.82) is 0 Å². The quantitative estimate of drug-likeness (QED) is 0.860. The molecule has 146 valence electrons. The van der Waals surface area contributed by atoms with Gasteiger partial charge in [0, 0.05) is 36.6 Å². The number of fused-ring (bicyclic) bond motifs is 1. The van der Waals surface area contributed by atoms with E-state index >= 15 is 0 Å². The topological polar surface area (TPSA) is 87.6 Å². The number of aromatic nitrogens is 2. The van der Waals surface area contributed by atoms with E-state index in [0.29, 0.717) is 13.1 Å². The highest BCUT2D eigenvalue weighted by atomic mass is 16.6. The number of aliphatic hydroxyl groups is 1. The number of ether oxygens (including phenoxy) is 1. The lowest BCUT2D eigenvalue weighted by Gasteiger charge is -2.34. The van der Waals surface area contributed by atoms with Gasteiger partial charge in [0.15, 0.2) is 0 Å². The van der Waals surface area contributed by atoms with Crippen LogP contribution in [0.2, 0.25) is 0 Å². The lowest BCUT2D eigenvalue weighted by atomic mass is 10.0. The van der Waals surface area contributed by atoms with Crippen LogP contribution in [0.5, 0.6) is 0 Å².